The van der Waals surface area contributed by atoms with Crippen LogP contribution in [0.15, 0.2) is 35.2 Å². The number of aliphatic carboxylic acids is 1. The van der Waals surface area contributed by atoms with E-state index in [4.69, 9.17) is 5.11 Å². The highest BCUT2D eigenvalue weighted by Crippen LogP contribution is 2.38. The lowest BCUT2D eigenvalue weighted by molar-refractivity contribution is -0.138. The van der Waals surface area contributed by atoms with E-state index in [2.05, 4.69) is 5.32 Å². The van der Waals surface area contributed by atoms with Crippen molar-refractivity contribution in [1.29, 1.82) is 0 Å². The summed E-state index contributed by atoms with van der Waals surface area (Å²) in [5.41, 5.74) is 0. The molecule has 0 spiro atoms. The number of carboxylic acid groups (broad SMARTS) is 1. The van der Waals surface area contributed by atoms with Crippen molar-refractivity contribution < 1.29 is 9.90 Å². The topological polar surface area (TPSA) is 49.3 Å². The number of nitrogens with one attached hydrogen (secondary N) is 1. The van der Waals surface area contributed by atoms with Crippen LogP contribution in [0, 0.1) is 0 Å². The summed E-state index contributed by atoms with van der Waals surface area (Å²) in [4.78, 5) is 11.9. The third-order valence-electron chi connectivity index (χ3n) is 2.45. The van der Waals surface area contributed by atoms with Gasteiger partial charge in [0.05, 0.1) is 11.2 Å². The van der Waals surface area contributed by atoms with Crippen LogP contribution < -0.4 is 5.32 Å². The van der Waals surface area contributed by atoms with Crippen molar-refractivity contribution in [2.75, 3.05) is 13.1 Å². The number of hydrogen-bond donors (Lipinski definition) is 2. The second-order valence-corrected chi connectivity index (χ2v) is 5.31. The molecule has 4 heteroatoms. The molecule has 0 aliphatic carbocycles. The lowest BCUT2D eigenvalue weighted by atomic mass is 9.98. The summed E-state index contributed by atoms with van der Waals surface area (Å²) in [5.74, 6) is -0.722. The monoisotopic (exact) mass is 223 g/mol. The van der Waals surface area contributed by atoms with Crippen molar-refractivity contribution in [2.24, 2.45) is 0 Å². The van der Waals surface area contributed by atoms with E-state index in [1.54, 1.807) is 11.8 Å². The highest BCUT2D eigenvalue weighted by atomic mass is 32.2. The second kappa shape index (κ2) is 4.24. The van der Waals surface area contributed by atoms with Gasteiger partial charge in [0, 0.05) is 18.0 Å². The van der Waals surface area contributed by atoms with Crippen LogP contribution in [0.3, 0.4) is 0 Å². The molecular weight excluding hydrogens is 210 g/mol. The first-order chi connectivity index (χ1) is 7.20. The van der Waals surface area contributed by atoms with Gasteiger partial charge < -0.3 is 10.4 Å². The van der Waals surface area contributed by atoms with Gasteiger partial charge in [-0.25, -0.2) is 0 Å². The molecule has 15 heavy (non-hydrogen) atoms. The average molecular weight is 223 g/mol. The van der Waals surface area contributed by atoms with Gasteiger partial charge in [-0.15, -0.1) is 11.8 Å². The van der Waals surface area contributed by atoms with Crippen LogP contribution in [-0.2, 0) is 4.79 Å². The molecule has 2 rings (SSSR count). The fourth-order valence-corrected chi connectivity index (χ4v) is 2.99. The first-order valence-corrected chi connectivity index (χ1v) is 5.68. The molecule has 0 aromatic heterocycles. The Morgan fingerprint density at radius 1 is 1.40 bits per heavy atom. The highest BCUT2D eigenvalue weighted by molar-refractivity contribution is 8.00. The maximum atomic E-state index is 10.8. The third kappa shape index (κ3) is 2.52. The normalized spacial score (nSPS) is 18.1. The molecule has 1 aromatic rings. The minimum absolute atomic E-state index is 0.146. The number of hydrogen-bond acceptors (Lipinski definition) is 3. The van der Waals surface area contributed by atoms with Crippen LogP contribution in [0.5, 0.6) is 0 Å². The summed E-state index contributed by atoms with van der Waals surface area (Å²) in [6, 6.07) is 9.96. The molecule has 3 nitrogen and oxygen atoms in total. The predicted molar refractivity (Wildman–Crippen MR) is 60.2 cm³/mol. The quantitative estimate of drug-likeness (QED) is 0.814. The summed E-state index contributed by atoms with van der Waals surface area (Å²) in [6.45, 7) is 1.55. The van der Waals surface area contributed by atoms with Gasteiger partial charge >= 0.3 is 5.97 Å². The van der Waals surface area contributed by atoms with Crippen LogP contribution in [0.2, 0.25) is 0 Å². The summed E-state index contributed by atoms with van der Waals surface area (Å²) < 4.78 is -0.146. The SMILES string of the molecule is O=C(O)CC1(Sc2ccccc2)CNC1. The van der Waals surface area contributed by atoms with Crippen molar-refractivity contribution in [3.63, 3.8) is 0 Å². The van der Waals surface area contributed by atoms with E-state index in [0.717, 1.165) is 18.0 Å². The van der Waals surface area contributed by atoms with Gasteiger partial charge in [-0.1, -0.05) is 18.2 Å². The number of carbonyl (C=O) groups is 1. The Hall–Kier alpha value is -1.00. The number of benzene rings is 1. The zero-order chi connectivity index (χ0) is 10.7. The van der Waals surface area contributed by atoms with Gasteiger partial charge in [-0.05, 0) is 12.1 Å². The fourth-order valence-electron chi connectivity index (χ4n) is 1.65. The van der Waals surface area contributed by atoms with E-state index in [1.165, 1.54) is 0 Å². The summed E-state index contributed by atoms with van der Waals surface area (Å²) in [6.07, 6.45) is 0.222. The highest BCUT2D eigenvalue weighted by Gasteiger charge is 2.40. The van der Waals surface area contributed by atoms with Crippen LogP contribution >= 0.6 is 11.8 Å². The Balaban J connectivity index is 2.05. The molecule has 80 valence electrons. The van der Waals surface area contributed by atoms with Crippen molar-refractivity contribution in [1.82, 2.24) is 5.32 Å². The molecule has 2 N–H and O–H groups in total. The van der Waals surface area contributed by atoms with Gasteiger partial charge in [-0.3, -0.25) is 4.79 Å². The molecule has 1 fully saturated rings. The second-order valence-electron chi connectivity index (χ2n) is 3.77. The Bertz CT molecular complexity index is 349. The minimum Gasteiger partial charge on any atom is -0.481 e. The van der Waals surface area contributed by atoms with E-state index in [-0.39, 0.29) is 11.2 Å². The molecule has 0 atom stereocenters. The Morgan fingerprint density at radius 3 is 2.53 bits per heavy atom. The smallest absolute Gasteiger partial charge is 0.304 e. The Labute approximate surface area is 92.9 Å². The fraction of sp³-hybridized carbons (Fsp3) is 0.364. The first kappa shape index (κ1) is 10.5. The van der Waals surface area contributed by atoms with Crippen LogP contribution in [-0.4, -0.2) is 28.9 Å². The van der Waals surface area contributed by atoms with Crippen molar-refractivity contribution in [3.8, 4) is 0 Å². The van der Waals surface area contributed by atoms with Crippen molar-refractivity contribution in [3.05, 3.63) is 30.3 Å². The van der Waals surface area contributed by atoms with Crippen LogP contribution in [0.4, 0.5) is 0 Å². The molecule has 0 bridgehead atoms. The molecule has 1 aliphatic heterocycles. The lowest BCUT2D eigenvalue weighted by Crippen LogP contribution is -2.57. The largest absolute Gasteiger partial charge is 0.481 e. The summed E-state index contributed by atoms with van der Waals surface area (Å²) >= 11 is 1.66. The lowest BCUT2D eigenvalue weighted by Gasteiger charge is -2.40. The first-order valence-electron chi connectivity index (χ1n) is 4.87. The van der Waals surface area contributed by atoms with Crippen LogP contribution in [0.25, 0.3) is 0 Å². The van der Waals surface area contributed by atoms with Gasteiger partial charge in [0.2, 0.25) is 0 Å². The zero-order valence-electron chi connectivity index (χ0n) is 8.27. The van der Waals surface area contributed by atoms with E-state index >= 15 is 0 Å². The molecule has 1 saturated heterocycles. The molecule has 0 amide bonds. The molecule has 1 heterocycles. The number of rotatable bonds is 4. The molecule has 0 unspecified atom stereocenters. The maximum Gasteiger partial charge on any atom is 0.304 e. The molecule has 0 saturated carbocycles. The standard InChI is InChI=1S/C11H13NO2S/c13-10(14)6-11(7-12-8-11)15-9-4-2-1-3-5-9/h1-5,12H,6-8H2,(H,13,14). The molecule has 0 radical (unpaired) electrons. The maximum absolute atomic E-state index is 10.8. The average Bonchev–Trinajstić information content (AvgIpc) is 2.15. The van der Waals surface area contributed by atoms with Gasteiger partial charge in [-0.2, -0.15) is 0 Å². The van der Waals surface area contributed by atoms with Crippen LogP contribution in [0.1, 0.15) is 6.42 Å². The van der Waals surface area contributed by atoms with E-state index in [9.17, 15) is 4.79 Å². The Morgan fingerprint density at radius 2 is 2.07 bits per heavy atom. The summed E-state index contributed by atoms with van der Waals surface area (Å²) in [7, 11) is 0. The van der Waals surface area contributed by atoms with Gasteiger partial charge in [0.15, 0.2) is 0 Å². The number of thioether (sulfide) groups is 1. The van der Waals surface area contributed by atoms with E-state index in [1.807, 2.05) is 30.3 Å². The third-order valence-corrected chi connectivity index (χ3v) is 3.82. The van der Waals surface area contributed by atoms with E-state index in [0.29, 0.717) is 0 Å². The van der Waals surface area contributed by atoms with E-state index < -0.39 is 5.97 Å². The zero-order valence-corrected chi connectivity index (χ0v) is 9.09. The molecule has 1 aromatic carbocycles. The predicted octanol–water partition coefficient (Wildman–Crippen LogP) is 1.60. The number of carboxylic acids is 1. The van der Waals surface area contributed by atoms with Gasteiger partial charge in [0.1, 0.15) is 0 Å². The molecule has 1 aliphatic rings. The van der Waals surface area contributed by atoms with Gasteiger partial charge in [0.25, 0.3) is 0 Å². The van der Waals surface area contributed by atoms with Crippen molar-refractivity contribution in [2.45, 2.75) is 16.1 Å². The molecular formula is C11H13NO2S. The Kier molecular flexibility index (Phi) is 2.98. The summed E-state index contributed by atoms with van der Waals surface area (Å²) in [5, 5.41) is 12.0. The van der Waals surface area contributed by atoms with Crippen molar-refractivity contribution >= 4 is 17.7 Å². The minimum atomic E-state index is -0.722.